The molecule has 0 aliphatic carbocycles. The molecule has 0 unspecified atom stereocenters. The van der Waals surface area contributed by atoms with Gasteiger partial charge in [0, 0.05) is 13.1 Å². The molecule has 0 bridgehead atoms. The predicted octanol–water partition coefficient (Wildman–Crippen LogP) is 6.21. The molecule has 0 aliphatic heterocycles. The van der Waals surface area contributed by atoms with Crippen molar-refractivity contribution < 1.29 is 0 Å². The van der Waals surface area contributed by atoms with Crippen LogP contribution < -0.4 is 0 Å². The molecule has 1 nitrogen and oxygen atoms in total. The lowest BCUT2D eigenvalue weighted by atomic mass is 10.1. The Balaban J connectivity index is 1.94. The zero-order valence-corrected chi connectivity index (χ0v) is 14.6. The van der Waals surface area contributed by atoms with Crippen molar-refractivity contribution in [2.75, 3.05) is 13.1 Å². The summed E-state index contributed by atoms with van der Waals surface area (Å²) in [5, 5.41) is 0. The Morgan fingerprint density at radius 3 is 2.05 bits per heavy atom. The van der Waals surface area contributed by atoms with E-state index >= 15 is 0 Å². The number of hydrogen-bond acceptors (Lipinski definition) is 1. The monoisotopic (exact) mass is 301 g/mol. The Morgan fingerprint density at radius 1 is 0.818 bits per heavy atom. The Bertz CT molecular complexity index is 357. The first-order chi connectivity index (χ1) is 10.9. The molecule has 1 heteroatoms. The van der Waals surface area contributed by atoms with Crippen LogP contribution in [0.25, 0.3) is 0 Å². The van der Waals surface area contributed by atoms with Crippen LogP contribution in [0.2, 0.25) is 0 Å². The molecule has 0 amide bonds. The number of aryl methyl sites for hydroxylation is 1. The van der Waals surface area contributed by atoms with Gasteiger partial charge in [-0.05, 0) is 37.4 Å². The molecule has 0 aromatic heterocycles. The summed E-state index contributed by atoms with van der Waals surface area (Å²) in [6, 6.07) is 10.8. The fraction of sp³-hybridized carbons (Fsp3) is 0.619. The lowest BCUT2D eigenvalue weighted by molar-refractivity contribution is 0.351. The van der Waals surface area contributed by atoms with Gasteiger partial charge in [-0.3, -0.25) is 0 Å². The third kappa shape index (κ3) is 9.65. The second kappa shape index (κ2) is 13.4. The molecule has 0 saturated carbocycles. The maximum absolute atomic E-state index is 3.95. The summed E-state index contributed by atoms with van der Waals surface area (Å²) in [5.74, 6) is 0. The summed E-state index contributed by atoms with van der Waals surface area (Å²) in [6.45, 7) is 8.60. The average Bonchev–Trinajstić information content (AvgIpc) is 2.56. The first kappa shape index (κ1) is 18.8. The van der Waals surface area contributed by atoms with Crippen LogP contribution in [0.5, 0.6) is 0 Å². The van der Waals surface area contributed by atoms with Gasteiger partial charge in [0.05, 0.1) is 0 Å². The first-order valence-corrected chi connectivity index (χ1v) is 9.27. The molecule has 0 saturated heterocycles. The van der Waals surface area contributed by atoms with E-state index in [9.17, 15) is 0 Å². The van der Waals surface area contributed by atoms with Crippen LogP contribution >= 0.6 is 0 Å². The lowest BCUT2D eigenvalue weighted by Gasteiger charge is -2.19. The molecule has 0 spiro atoms. The van der Waals surface area contributed by atoms with Crippen LogP contribution in [0.3, 0.4) is 0 Å². The molecular formula is C21H35N. The van der Waals surface area contributed by atoms with Crippen molar-refractivity contribution in [1.29, 1.82) is 0 Å². The van der Waals surface area contributed by atoms with Gasteiger partial charge in [-0.15, -0.1) is 0 Å². The van der Waals surface area contributed by atoms with Crippen LogP contribution in [0, 0.1) is 0 Å². The van der Waals surface area contributed by atoms with E-state index < -0.39 is 0 Å². The number of rotatable bonds is 14. The minimum absolute atomic E-state index is 1.19. The van der Waals surface area contributed by atoms with E-state index in [-0.39, 0.29) is 0 Å². The first-order valence-electron chi connectivity index (χ1n) is 9.27. The van der Waals surface area contributed by atoms with Gasteiger partial charge < -0.3 is 4.90 Å². The van der Waals surface area contributed by atoms with Gasteiger partial charge in [-0.25, -0.2) is 0 Å². The molecule has 0 radical (unpaired) electrons. The Kier molecular flexibility index (Phi) is 11.5. The quantitative estimate of drug-likeness (QED) is 0.369. The Morgan fingerprint density at radius 2 is 1.41 bits per heavy atom. The summed E-state index contributed by atoms with van der Waals surface area (Å²) in [5.41, 5.74) is 1.48. The predicted molar refractivity (Wildman–Crippen MR) is 99.1 cm³/mol. The van der Waals surface area contributed by atoms with Crippen molar-refractivity contribution in [3.05, 3.63) is 48.7 Å². The zero-order chi connectivity index (χ0) is 15.9. The van der Waals surface area contributed by atoms with Crippen molar-refractivity contribution in [2.24, 2.45) is 0 Å². The van der Waals surface area contributed by atoms with Gasteiger partial charge in [0.15, 0.2) is 0 Å². The van der Waals surface area contributed by atoms with Crippen molar-refractivity contribution in [3.63, 3.8) is 0 Å². The molecular weight excluding hydrogens is 266 g/mol. The van der Waals surface area contributed by atoms with Crippen molar-refractivity contribution >= 4 is 0 Å². The van der Waals surface area contributed by atoms with Gasteiger partial charge in [0.1, 0.15) is 0 Å². The van der Waals surface area contributed by atoms with Gasteiger partial charge in [0.25, 0.3) is 0 Å². The van der Waals surface area contributed by atoms with Crippen molar-refractivity contribution in [3.8, 4) is 0 Å². The molecule has 0 N–H and O–H groups in total. The maximum Gasteiger partial charge on any atom is 0.0172 e. The molecule has 1 aromatic carbocycles. The minimum Gasteiger partial charge on any atom is -0.378 e. The van der Waals surface area contributed by atoms with E-state index in [4.69, 9.17) is 0 Å². The number of nitrogens with zero attached hydrogens (tertiary/aromatic N) is 1. The maximum atomic E-state index is 3.95. The van der Waals surface area contributed by atoms with Crippen LogP contribution in [-0.2, 0) is 6.42 Å². The molecule has 0 atom stereocenters. The second-order valence-electron chi connectivity index (χ2n) is 6.28. The van der Waals surface area contributed by atoms with Crippen LogP contribution in [0.15, 0.2) is 43.1 Å². The minimum atomic E-state index is 1.19. The van der Waals surface area contributed by atoms with E-state index in [2.05, 4.69) is 48.7 Å². The number of unbranched alkanes of at least 4 members (excludes halogenated alkanes) is 7. The Hall–Kier alpha value is -1.24. The smallest absolute Gasteiger partial charge is 0.0172 e. The van der Waals surface area contributed by atoms with E-state index in [0.29, 0.717) is 0 Å². The summed E-state index contributed by atoms with van der Waals surface area (Å²) >= 11 is 0. The topological polar surface area (TPSA) is 3.24 Å². The van der Waals surface area contributed by atoms with Crippen LogP contribution in [0.4, 0.5) is 0 Å². The summed E-state index contributed by atoms with van der Waals surface area (Å²) < 4.78 is 0. The number of hydrogen-bond donors (Lipinski definition) is 0. The van der Waals surface area contributed by atoms with E-state index in [1.807, 2.05) is 6.20 Å². The van der Waals surface area contributed by atoms with Crippen LogP contribution in [-0.4, -0.2) is 18.0 Å². The molecule has 22 heavy (non-hydrogen) atoms. The highest BCUT2D eigenvalue weighted by molar-refractivity contribution is 5.14. The molecule has 0 heterocycles. The van der Waals surface area contributed by atoms with Crippen molar-refractivity contribution in [1.82, 2.24) is 4.90 Å². The zero-order valence-electron chi connectivity index (χ0n) is 14.6. The van der Waals surface area contributed by atoms with Crippen LogP contribution in [0.1, 0.15) is 70.3 Å². The molecule has 124 valence electrons. The summed E-state index contributed by atoms with van der Waals surface area (Å²) in [7, 11) is 0. The molecule has 1 aromatic rings. The van der Waals surface area contributed by atoms with E-state index in [0.717, 1.165) is 0 Å². The van der Waals surface area contributed by atoms with Gasteiger partial charge in [-0.2, -0.15) is 0 Å². The van der Waals surface area contributed by atoms with Gasteiger partial charge >= 0.3 is 0 Å². The fourth-order valence-electron chi connectivity index (χ4n) is 2.86. The Labute approximate surface area is 138 Å². The van der Waals surface area contributed by atoms with E-state index in [1.54, 1.807) is 0 Å². The summed E-state index contributed by atoms with van der Waals surface area (Å²) in [6.07, 6.45) is 15.3. The summed E-state index contributed by atoms with van der Waals surface area (Å²) in [4.78, 5) is 2.40. The average molecular weight is 302 g/mol. The van der Waals surface area contributed by atoms with Crippen molar-refractivity contribution in [2.45, 2.75) is 71.1 Å². The highest BCUT2D eigenvalue weighted by Crippen LogP contribution is 2.10. The van der Waals surface area contributed by atoms with E-state index in [1.165, 1.54) is 82.9 Å². The standard InChI is InChI=1S/C21H35N/c1-3-5-6-14-19-22(4-2)20-15-9-7-8-11-16-21-17-12-10-13-18-21/h4,10,12-13,17-18H,2-3,5-9,11,14-16,19-20H2,1H3. The third-order valence-electron chi connectivity index (χ3n) is 4.31. The lowest BCUT2D eigenvalue weighted by Crippen LogP contribution is -2.19. The molecule has 0 fully saturated rings. The molecule has 0 aliphatic rings. The normalized spacial score (nSPS) is 10.6. The van der Waals surface area contributed by atoms with Gasteiger partial charge in [0.2, 0.25) is 0 Å². The highest BCUT2D eigenvalue weighted by atomic mass is 15.1. The molecule has 1 rings (SSSR count). The third-order valence-corrected chi connectivity index (χ3v) is 4.31. The number of benzene rings is 1. The highest BCUT2D eigenvalue weighted by Gasteiger charge is 1.99. The SMILES string of the molecule is C=CN(CCCCCC)CCCCCCCc1ccccc1. The van der Waals surface area contributed by atoms with Gasteiger partial charge in [-0.1, -0.05) is 82.4 Å². The largest absolute Gasteiger partial charge is 0.378 e. The second-order valence-corrected chi connectivity index (χ2v) is 6.28. The fourth-order valence-corrected chi connectivity index (χ4v) is 2.86.